The maximum Gasteiger partial charge on any atom is 0.170 e. The van der Waals surface area contributed by atoms with Crippen molar-refractivity contribution in [1.29, 1.82) is 0 Å². The smallest absolute Gasteiger partial charge is 0.170 e. The number of nitrogens with zero attached hydrogens (tertiary/aromatic N) is 3. The number of halogens is 3. The molecule has 0 spiro atoms. The monoisotopic (exact) mass is 316 g/mol. The fourth-order valence-electron chi connectivity index (χ4n) is 1.80. The lowest BCUT2D eigenvalue weighted by atomic mass is 10.2. The van der Waals surface area contributed by atoms with Gasteiger partial charge in [-0.2, -0.15) is 5.10 Å². The molecule has 0 aliphatic carbocycles. The standard InChI is InChI=1S/C10H7BrClFN4/c1-4-14-10-9(12)15-7-3-6(13)5(11)2-8(7)17(10)16-4/h2-3,9,15H,1H3. The van der Waals surface area contributed by atoms with Crippen LogP contribution in [-0.2, 0) is 0 Å². The number of fused-ring (bicyclic) bond motifs is 3. The van der Waals surface area contributed by atoms with E-state index in [2.05, 4.69) is 31.3 Å². The minimum Gasteiger partial charge on any atom is -0.361 e. The second-order valence-electron chi connectivity index (χ2n) is 3.72. The van der Waals surface area contributed by atoms with Crippen LogP contribution in [0.5, 0.6) is 0 Å². The number of benzene rings is 1. The topological polar surface area (TPSA) is 42.7 Å². The van der Waals surface area contributed by atoms with E-state index in [1.165, 1.54) is 6.07 Å². The van der Waals surface area contributed by atoms with Gasteiger partial charge in [-0.05, 0) is 28.9 Å². The van der Waals surface area contributed by atoms with E-state index in [1.54, 1.807) is 17.7 Å². The van der Waals surface area contributed by atoms with E-state index in [4.69, 9.17) is 11.6 Å². The molecular formula is C10H7BrClFN4. The highest BCUT2D eigenvalue weighted by molar-refractivity contribution is 9.10. The van der Waals surface area contributed by atoms with Gasteiger partial charge in [0, 0.05) is 6.07 Å². The minimum absolute atomic E-state index is 0.347. The second-order valence-corrected chi connectivity index (χ2v) is 5.01. The lowest BCUT2D eigenvalue weighted by Crippen LogP contribution is -2.19. The molecule has 1 N–H and O–H groups in total. The minimum atomic E-state index is -0.510. The molecule has 17 heavy (non-hydrogen) atoms. The number of nitrogens with one attached hydrogen (secondary N) is 1. The van der Waals surface area contributed by atoms with E-state index in [1.807, 2.05) is 0 Å². The van der Waals surface area contributed by atoms with E-state index in [-0.39, 0.29) is 5.82 Å². The molecule has 1 unspecified atom stereocenters. The van der Waals surface area contributed by atoms with Crippen molar-refractivity contribution >= 4 is 33.2 Å². The number of rotatable bonds is 0. The Morgan fingerprint density at radius 3 is 3.06 bits per heavy atom. The van der Waals surface area contributed by atoms with Gasteiger partial charge in [0.05, 0.1) is 15.8 Å². The Bertz CT molecular complexity index is 613. The Balaban J connectivity index is 2.29. The number of anilines is 1. The summed E-state index contributed by atoms with van der Waals surface area (Å²) in [6.45, 7) is 1.78. The molecular weight excluding hydrogens is 310 g/mol. The fraction of sp³-hybridized carbons (Fsp3) is 0.200. The summed E-state index contributed by atoms with van der Waals surface area (Å²) in [5, 5.41) is 7.23. The fourth-order valence-corrected chi connectivity index (χ4v) is 2.39. The molecule has 4 nitrogen and oxygen atoms in total. The predicted octanol–water partition coefficient (Wildman–Crippen LogP) is 3.14. The van der Waals surface area contributed by atoms with Gasteiger partial charge in [0.1, 0.15) is 11.6 Å². The average molecular weight is 318 g/mol. The maximum atomic E-state index is 13.4. The quantitative estimate of drug-likeness (QED) is 0.599. The first-order valence-electron chi connectivity index (χ1n) is 4.90. The van der Waals surface area contributed by atoms with E-state index >= 15 is 0 Å². The summed E-state index contributed by atoms with van der Waals surface area (Å²) in [4.78, 5) is 4.23. The van der Waals surface area contributed by atoms with Crippen LogP contribution in [0.1, 0.15) is 17.1 Å². The summed E-state index contributed by atoms with van der Waals surface area (Å²) >= 11 is 9.26. The highest BCUT2D eigenvalue weighted by atomic mass is 79.9. The molecule has 88 valence electrons. The van der Waals surface area contributed by atoms with Gasteiger partial charge in [-0.1, -0.05) is 11.6 Å². The number of aryl methyl sites for hydroxylation is 1. The molecule has 0 saturated carbocycles. The van der Waals surface area contributed by atoms with Crippen molar-refractivity contribution in [3.63, 3.8) is 0 Å². The second kappa shape index (κ2) is 3.68. The lowest BCUT2D eigenvalue weighted by molar-refractivity contribution is 0.619. The van der Waals surface area contributed by atoms with E-state index in [9.17, 15) is 4.39 Å². The Hall–Kier alpha value is -1.14. The first-order valence-corrected chi connectivity index (χ1v) is 6.13. The van der Waals surface area contributed by atoms with Gasteiger partial charge in [0.15, 0.2) is 11.3 Å². The predicted molar refractivity (Wildman–Crippen MR) is 66.0 cm³/mol. The zero-order valence-electron chi connectivity index (χ0n) is 8.71. The lowest BCUT2D eigenvalue weighted by Gasteiger charge is -2.23. The van der Waals surface area contributed by atoms with Gasteiger partial charge < -0.3 is 5.32 Å². The molecule has 1 aromatic carbocycles. The third-order valence-corrected chi connectivity index (χ3v) is 3.43. The molecule has 0 amide bonds. The van der Waals surface area contributed by atoms with E-state index in [0.717, 1.165) is 5.69 Å². The summed E-state index contributed by atoms with van der Waals surface area (Å²) in [6.07, 6.45) is 0. The van der Waals surface area contributed by atoms with E-state index < -0.39 is 5.50 Å². The van der Waals surface area contributed by atoms with Crippen molar-refractivity contribution in [3.05, 3.63) is 34.1 Å². The first kappa shape index (κ1) is 11.0. The molecule has 1 aliphatic rings. The molecule has 1 aliphatic heterocycles. The van der Waals surface area contributed by atoms with Crippen molar-refractivity contribution in [1.82, 2.24) is 14.8 Å². The molecule has 2 heterocycles. The zero-order chi connectivity index (χ0) is 12.2. The summed E-state index contributed by atoms with van der Waals surface area (Å²) in [6, 6.07) is 3.03. The van der Waals surface area contributed by atoms with Crippen LogP contribution in [0.2, 0.25) is 0 Å². The Labute approximate surface area is 110 Å². The van der Waals surface area contributed by atoms with Crippen LogP contribution in [0.15, 0.2) is 16.6 Å². The summed E-state index contributed by atoms with van der Waals surface area (Å²) in [5.41, 5.74) is 0.818. The van der Waals surface area contributed by atoms with Crippen LogP contribution >= 0.6 is 27.5 Å². The van der Waals surface area contributed by atoms with Gasteiger partial charge in [-0.25, -0.2) is 14.1 Å². The number of hydrogen-bond donors (Lipinski definition) is 1. The summed E-state index contributed by atoms with van der Waals surface area (Å²) < 4.78 is 15.4. The van der Waals surface area contributed by atoms with Crippen molar-refractivity contribution < 1.29 is 4.39 Å². The highest BCUT2D eigenvalue weighted by Crippen LogP contribution is 2.36. The molecule has 3 rings (SSSR count). The number of alkyl halides is 1. The van der Waals surface area contributed by atoms with Crippen LogP contribution in [-0.4, -0.2) is 14.8 Å². The molecule has 0 fully saturated rings. The zero-order valence-corrected chi connectivity index (χ0v) is 11.0. The van der Waals surface area contributed by atoms with Crippen LogP contribution in [0.4, 0.5) is 10.1 Å². The van der Waals surface area contributed by atoms with Crippen LogP contribution in [0, 0.1) is 12.7 Å². The number of aromatic nitrogens is 3. The van der Waals surface area contributed by atoms with Gasteiger partial charge in [0.2, 0.25) is 0 Å². The van der Waals surface area contributed by atoms with Crippen LogP contribution < -0.4 is 5.32 Å². The molecule has 0 radical (unpaired) electrons. The maximum absolute atomic E-state index is 13.4. The van der Waals surface area contributed by atoms with Crippen LogP contribution in [0.25, 0.3) is 5.69 Å². The molecule has 0 bridgehead atoms. The Morgan fingerprint density at radius 2 is 2.29 bits per heavy atom. The molecule has 7 heteroatoms. The molecule has 1 aromatic heterocycles. The van der Waals surface area contributed by atoms with Gasteiger partial charge in [-0.15, -0.1) is 0 Å². The largest absolute Gasteiger partial charge is 0.361 e. The molecule has 2 aromatic rings. The van der Waals surface area contributed by atoms with E-state index in [0.29, 0.717) is 21.8 Å². The highest BCUT2D eigenvalue weighted by Gasteiger charge is 2.26. The normalized spacial score (nSPS) is 17.3. The van der Waals surface area contributed by atoms with Crippen molar-refractivity contribution in [2.45, 2.75) is 12.4 Å². The van der Waals surface area contributed by atoms with Crippen LogP contribution in [0.3, 0.4) is 0 Å². The van der Waals surface area contributed by atoms with Crippen molar-refractivity contribution in [3.8, 4) is 5.69 Å². The van der Waals surface area contributed by atoms with Gasteiger partial charge in [-0.3, -0.25) is 0 Å². The molecule has 1 atom stereocenters. The third kappa shape index (κ3) is 1.63. The average Bonchev–Trinajstić information content (AvgIpc) is 2.64. The third-order valence-electron chi connectivity index (χ3n) is 2.51. The van der Waals surface area contributed by atoms with Gasteiger partial charge >= 0.3 is 0 Å². The van der Waals surface area contributed by atoms with Gasteiger partial charge in [0.25, 0.3) is 0 Å². The van der Waals surface area contributed by atoms with Crippen molar-refractivity contribution in [2.24, 2.45) is 0 Å². The summed E-state index contributed by atoms with van der Waals surface area (Å²) in [7, 11) is 0. The number of hydrogen-bond acceptors (Lipinski definition) is 3. The summed E-state index contributed by atoms with van der Waals surface area (Å²) in [5.74, 6) is 0.885. The molecule has 0 saturated heterocycles. The Morgan fingerprint density at radius 1 is 1.53 bits per heavy atom. The van der Waals surface area contributed by atoms with Crippen molar-refractivity contribution in [2.75, 3.05) is 5.32 Å². The Kier molecular flexibility index (Phi) is 2.38. The SMILES string of the molecule is Cc1nc2n(n1)-c1cc(Br)c(F)cc1NC2Cl. The first-order chi connectivity index (χ1) is 8.06.